The smallest absolute Gasteiger partial charge is 0.160 e. The van der Waals surface area contributed by atoms with Crippen LogP contribution in [0.1, 0.15) is 152 Å². The van der Waals surface area contributed by atoms with Crippen LogP contribution in [0.25, 0.3) is 10.8 Å². The molecule has 5 aliphatic carbocycles. The summed E-state index contributed by atoms with van der Waals surface area (Å²) in [5, 5.41) is 46.1. The summed E-state index contributed by atoms with van der Waals surface area (Å²) in [7, 11) is 1.55. The number of methoxy groups -OCH3 is 1. The van der Waals surface area contributed by atoms with Gasteiger partial charge in [0.1, 0.15) is 11.2 Å². The van der Waals surface area contributed by atoms with Crippen LogP contribution < -0.4 is 21.1 Å². The fourth-order valence-corrected chi connectivity index (χ4v) is 15.9. The van der Waals surface area contributed by atoms with Gasteiger partial charge in [0.05, 0.1) is 25.1 Å². The predicted molar refractivity (Wildman–Crippen MR) is 277 cm³/mol. The van der Waals surface area contributed by atoms with Crippen LogP contribution in [0.3, 0.4) is 0 Å². The van der Waals surface area contributed by atoms with Crippen LogP contribution in [0, 0.1) is 64.1 Å². The van der Waals surface area contributed by atoms with Crippen LogP contribution in [0.5, 0.6) is 11.5 Å². The molecule has 7 N–H and O–H groups in total. The molecule has 374 valence electrons. The molecular formula is C61H79N3O6. The maximum absolute atomic E-state index is 14.8. The van der Waals surface area contributed by atoms with Gasteiger partial charge >= 0.3 is 0 Å². The number of nitrogens with one attached hydrogen (secondary N) is 2. The monoisotopic (exact) mass is 950 g/mol. The summed E-state index contributed by atoms with van der Waals surface area (Å²) in [5.41, 5.74) is 9.54. The first-order chi connectivity index (χ1) is 33.9. The molecule has 2 spiro atoms. The van der Waals surface area contributed by atoms with E-state index >= 15 is 0 Å². The molecule has 70 heavy (non-hydrogen) atoms. The third-order valence-corrected chi connectivity index (χ3v) is 19.4. The van der Waals surface area contributed by atoms with Crippen LogP contribution >= 0.6 is 0 Å². The Hall–Kier alpha value is -4.62. The number of aromatic hydroxyl groups is 1. The van der Waals surface area contributed by atoms with Gasteiger partial charge < -0.3 is 36.4 Å². The number of benzene rings is 3. The lowest BCUT2D eigenvalue weighted by atomic mass is 9.47. The average molecular weight is 950 g/mol. The predicted octanol–water partition coefficient (Wildman–Crippen LogP) is 10.2. The number of carbonyl (C=O) groups is 2. The lowest BCUT2D eigenvalue weighted by Gasteiger charge is -2.60. The van der Waals surface area contributed by atoms with E-state index in [2.05, 4.69) is 84.9 Å². The first-order valence-electron chi connectivity index (χ1n) is 27.3. The van der Waals surface area contributed by atoms with Crippen LogP contribution in [0.4, 0.5) is 0 Å². The topological polar surface area (TPSA) is 154 Å². The molecule has 0 bridgehead atoms. The number of hydrogen-bond donors (Lipinski definition) is 6. The minimum absolute atomic E-state index is 0.00725. The standard InChI is InChI=1S/C61H79N3O6/c1-37(2)10-16-48(59(44-24-29-63-58(62)33-44)43-12-11-38-8-4-5-9-40(38)30-43)53(66)20-13-39-22-27-61(56(68)21-14-41-31-55(70-3)54(67)35-49(39)41)28-23-42(32-57(61)69)50-19-18-46-47-17-15-45(65)34-52(47)64-36-51(46)60(50)25-6-7-26-60/h4-5,8-9,11-12,24,30-31,33,35,37,39,42,46-48,50-53,57,59,63-64,66-67,69H,6-7,10,13-21,23,25-26,28-29,32,34,36,62H2,1-3H3/t39-,42-,46+,47+,48-,50-,51-,52+,53-,57+,59-,61+/m0/s1. The summed E-state index contributed by atoms with van der Waals surface area (Å²) in [6, 6.07) is 19.0. The van der Waals surface area contributed by atoms with Gasteiger partial charge in [0.25, 0.3) is 0 Å². The number of piperidine rings is 1. The van der Waals surface area contributed by atoms with Gasteiger partial charge in [-0.15, -0.1) is 0 Å². The number of hydrogen-bond acceptors (Lipinski definition) is 9. The first-order valence-corrected chi connectivity index (χ1v) is 27.3. The van der Waals surface area contributed by atoms with Gasteiger partial charge in [0.15, 0.2) is 17.3 Å². The summed E-state index contributed by atoms with van der Waals surface area (Å²) in [5.74, 6) is 11.1. The van der Waals surface area contributed by atoms with E-state index in [0.717, 1.165) is 66.3 Å². The molecule has 3 aromatic carbocycles. The molecule has 9 heteroatoms. The maximum atomic E-state index is 14.8. The number of phenols is 1. The second-order valence-electron chi connectivity index (χ2n) is 23.4. The third kappa shape index (κ3) is 9.35. The minimum atomic E-state index is -1.18. The van der Waals surface area contributed by atoms with Crippen molar-refractivity contribution in [2.24, 2.45) is 58.0 Å². The molecule has 0 amide bonds. The highest BCUT2D eigenvalue weighted by molar-refractivity contribution is 5.89. The van der Waals surface area contributed by atoms with E-state index < -0.39 is 23.5 Å². The van der Waals surface area contributed by atoms with E-state index in [4.69, 9.17) is 10.5 Å². The molecule has 2 heterocycles. The molecule has 7 aliphatic rings. The molecule has 9 nitrogen and oxygen atoms in total. The number of aliphatic hydroxyl groups is 2. The van der Waals surface area contributed by atoms with Gasteiger partial charge in [0, 0.05) is 43.7 Å². The first kappa shape index (κ1) is 49.0. The second kappa shape index (κ2) is 20.5. The summed E-state index contributed by atoms with van der Waals surface area (Å²) < 4.78 is 5.62. The average Bonchev–Trinajstić information content (AvgIpc) is 3.85. The lowest BCUT2D eigenvalue weighted by Crippen LogP contribution is -2.61. The number of fused-ring (bicyclic) bond motifs is 6. The number of nitrogens with two attached hydrogens (primary N) is 1. The van der Waals surface area contributed by atoms with Crippen molar-refractivity contribution in [2.75, 3.05) is 20.2 Å². The summed E-state index contributed by atoms with van der Waals surface area (Å²) >= 11 is 0. The van der Waals surface area contributed by atoms with E-state index in [0.29, 0.717) is 104 Å². The van der Waals surface area contributed by atoms with Crippen LogP contribution in [-0.2, 0) is 16.0 Å². The maximum Gasteiger partial charge on any atom is 0.160 e. The van der Waals surface area contributed by atoms with Gasteiger partial charge in [-0.25, -0.2) is 0 Å². The summed E-state index contributed by atoms with van der Waals surface area (Å²) in [4.78, 5) is 27.3. The molecule has 0 radical (unpaired) electrons. The van der Waals surface area contributed by atoms with Crippen LogP contribution in [0.2, 0.25) is 0 Å². The van der Waals surface area contributed by atoms with Gasteiger partial charge in [-0.05, 0) is 182 Å². The third-order valence-electron chi connectivity index (χ3n) is 19.4. The van der Waals surface area contributed by atoms with Crippen molar-refractivity contribution in [2.45, 2.75) is 160 Å². The highest BCUT2D eigenvalue weighted by Crippen LogP contribution is 2.64. The Kier molecular flexibility index (Phi) is 14.3. The lowest BCUT2D eigenvalue weighted by molar-refractivity contribution is -0.140. The van der Waals surface area contributed by atoms with Crippen molar-refractivity contribution in [1.29, 1.82) is 0 Å². The van der Waals surface area contributed by atoms with Gasteiger partial charge in [0.2, 0.25) is 0 Å². The Bertz CT molecular complexity index is 2550. The van der Waals surface area contributed by atoms with Crippen molar-refractivity contribution in [1.82, 2.24) is 10.6 Å². The molecular weight excluding hydrogens is 871 g/mol. The Morgan fingerprint density at radius 3 is 2.49 bits per heavy atom. The number of ether oxygens (including phenoxy) is 1. The zero-order valence-electron chi connectivity index (χ0n) is 42.1. The molecule has 0 aromatic heterocycles. The van der Waals surface area contributed by atoms with Gasteiger partial charge in [-0.3, -0.25) is 9.59 Å². The quantitative estimate of drug-likeness (QED) is 0.0974. The minimum Gasteiger partial charge on any atom is -0.504 e. The number of dihydropyridines is 1. The number of allylic oxidation sites excluding steroid dienone is 2. The Morgan fingerprint density at radius 1 is 0.900 bits per heavy atom. The van der Waals surface area contributed by atoms with Crippen molar-refractivity contribution < 1.29 is 29.6 Å². The van der Waals surface area contributed by atoms with Gasteiger partial charge in [-0.2, -0.15) is 0 Å². The molecule has 10 rings (SSSR count). The van der Waals surface area contributed by atoms with E-state index in [9.17, 15) is 24.9 Å². The SMILES string of the molecule is COc1cc2c(cc1O)[C@@H](CC[C@H](O)[C@H](CCC(C)C)[C@H](C1=CCNC(N)=C1)c1ccc3ccccc3c1)C#C[C@@]1(CC[C@H]([C@@H]3CC[C@@H]4[C@H]5CCC(=O)C[C@H]5NC[C@@H]4C34CCCC4)C[C@H]1O)C(=O)CC2. The highest BCUT2D eigenvalue weighted by atomic mass is 16.5. The number of rotatable bonds is 12. The normalized spacial score (nSPS) is 31.9. The van der Waals surface area contributed by atoms with Crippen molar-refractivity contribution in [3.05, 3.63) is 94.8 Å². The zero-order valence-corrected chi connectivity index (χ0v) is 42.1. The molecule has 1 saturated heterocycles. The van der Waals surface area contributed by atoms with Crippen molar-refractivity contribution in [3.63, 3.8) is 0 Å². The second-order valence-corrected chi connectivity index (χ2v) is 23.4. The molecule has 5 fully saturated rings. The number of aliphatic hydroxyl groups excluding tert-OH is 2. The number of aryl methyl sites for hydroxylation is 1. The molecule has 12 atom stereocenters. The van der Waals surface area contributed by atoms with Crippen molar-refractivity contribution in [3.8, 4) is 23.3 Å². The number of Topliss-reactive ketones (excluding diaryl/α,β-unsaturated/α-hetero) is 2. The highest BCUT2D eigenvalue weighted by Gasteiger charge is 2.60. The van der Waals surface area contributed by atoms with Crippen LogP contribution in [-0.4, -0.2) is 65.3 Å². The summed E-state index contributed by atoms with van der Waals surface area (Å²) in [6.45, 7) is 6.09. The number of phenolic OH excluding ortho intramolecular Hbond substituents is 1. The number of carbonyl (C=O) groups excluding carboxylic acids is 2. The molecule has 3 aromatic rings. The van der Waals surface area contributed by atoms with E-state index in [1.165, 1.54) is 43.9 Å². The zero-order chi connectivity index (χ0) is 48.7. The Labute approximate surface area is 416 Å². The van der Waals surface area contributed by atoms with E-state index in [-0.39, 0.29) is 35.2 Å². The fourth-order valence-electron chi connectivity index (χ4n) is 15.9. The fraction of sp³-hybridized carbons (Fsp3) is 0.607. The molecule has 4 saturated carbocycles. The van der Waals surface area contributed by atoms with Crippen molar-refractivity contribution >= 4 is 22.3 Å². The number of ketones is 2. The van der Waals surface area contributed by atoms with Gasteiger partial charge in [-0.1, -0.05) is 93.5 Å². The Balaban J connectivity index is 0.943. The van der Waals surface area contributed by atoms with Crippen LogP contribution in [0.15, 0.2) is 78.1 Å². The van der Waals surface area contributed by atoms with E-state index in [1.54, 1.807) is 13.2 Å². The molecule has 2 aliphatic heterocycles. The Morgan fingerprint density at radius 2 is 1.71 bits per heavy atom. The summed E-state index contributed by atoms with van der Waals surface area (Å²) in [6.07, 6.45) is 17.9. The van der Waals surface area contributed by atoms with E-state index in [1.807, 2.05) is 12.1 Å². The molecule has 0 unspecified atom stereocenters. The largest absolute Gasteiger partial charge is 0.504 e.